The van der Waals surface area contributed by atoms with Crippen molar-refractivity contribution in [1.82, 2.24) is 10.2 Å². The van der Waals surface area contributed by atoms with Gasteiger partial charge in [-0.2, -0.15) is 5.26 Å². The van der Waals surface area contributed by atoms with Crippen LogP contribution in [0.5, 0.6) is 0 Å². The lowest BCUT2D eigenvalue weighted by atomic mass is 9.87. The second-order valence-electron chi connectivity index (χ2n) is 5.70. The Morgan fingerprint density at radius 3 is 2.50 bits per heavy atom. The van der Waals surface area contributed by atoms with Gasteiger partial charge in [0.15, 0.2) is 0 Å². The zero-order valence-corrected chi connectivity index (χ0v) is 11.2. The van der Waals surface area contributed by atoms with E-state index in [0.717, 1.165) is 38.8 Å². The molecule has 1 aliphatic carbocycles. The molecule has 1 saturated heterocycles. The Kier molecular flexibility index (Phi) is 4.23. The van der Waals surface area contributed by atoms with Crippen LogP contribution in [-0.4, -0.2) is 36.5 Å². The van der Waals surface area contributed by atoms with Crippen LogP contribution in [0.15, 0.2) is 0 Å². The molecule has 2 rings (SSSR count). The molecule has 1 amide bonds. The highest BCUT2D eigenvalue weighted by Gasteiger charge is 2.41. The molecule has 4 heteroatoms. The molecule has 100 valence electrons. The van der Waals surface area contributed by atoms with Crippen molar-refractivity contribution in [3.8, 4) is 6.07 Å². The fraction of sp³-hybridized carbons (Fsp3) is 0.857. The molecule has 0 aromatic carbocycles. The second-order valence-corrected chi connectivity index (χ2v) is 5.70. The van der Waals surface area contributed by atoms with Gasteiger partial charge in [-0.05, 0) is 45.7 Å². The van der Waals surface area contributed by atoms with Crippen LogP contribution in [0, 0.1) is 16.7 Å². The fourth-order valence-corrected chi connectivity index (χ4v) is 3.09. The lowest BCUT2D eigenvalue weighted by Crippen LogP contribution is -2.45. The molecule has 1 N–H and O–H groups in total. The number of nitrogens with one attached hydrogen (secondary N) is 1. The number of rotatable bonds is 4. The molecule has 0 aromatic heterocycles. The summed E-state index contributed by atoms with van der Waals surface area (Å²) in [4.78, 5) is 14.6. The van der Waals surface area contributed by atoms with E-state index in [1.54, 1.807) is 0 Å². The number of nitrogens with zero attached hydrogens (tertiary/aromatic N) is 2. The van der Waals surface area contributed by atoms with Gasteiger partial charge in [0.1, 0.15) is 5.41 Å². The number of hydrogen-bond acceptors (Lipinski definition) is 3. The van der Waals surface area contributed by atoms with Crippen LogP contribution in [0.25, 0.3) is 0 Å². The van der Waals surface area contributed by atoms with Crippen molar-refractivity contribution in [3.05, 3.63) is 0 Å². The van der Waals surface area contributed by atoms with Crippen molar-refractivity contribution in [2.75, 3.05) is 19.6 Å². The van der Waals surface area contributed by atoms with Gasteiger partial charge in [0, 0.05) is 12.6 Å². The SMILES string of the molecule is CC(CNC(=O)C1(C#N)CCCC1)N1CCCC1. The van der Waals surface area contributed by atoms with E-state index in [-0.39, 0.29) is 5.91 Å². The average Bonchev–Trinajstić information content (AvgIpc) is 3.06. The third-order valence-electron chi connectivity index (χ3n) is 4.43. The van der Waals surface area contributed by atoms with Gasteiger partial charge in [0.2, 0.25) is 5.91 Å². The van der Waals surface area contributed by atoms with E-state index in [4.69, 9.17) is 0 Å². The highest BCUT2D eigenvalue weighted by atomic mass is 16.2. The van der Waals surface area contributed by atoms with Crippen molar-refractivity contribution in [1.29, 1.82) is 5.26 Å². The molecule has 1 unspecified atom stereocenters. The van der Waals surface area contributed by atoms with Gasteiger partial charge in [0.25, 0.3) is 0 Å². The standard InChI is InChI=1S/C14H23N3O/c1-12(17-8-4-5-9-17)10-16-13(18)14(11-15)6-2-3-7-14/h12H,2-10H2,1H3,(H,16,18). The molecule has 1 atom stereocenters. The van der Waals surface area contributed by atoms with Crippen LogP contribution in [0.3, 0.4) is 0 Å². The van der Waals surface area contributed by atoms with E-state index in [9.17, 15) is 10.1 Å². The number of carbonyl (C=O) groups excluding carboxylic acids is 1. The van der Waals surface area contributed by atoms with Crippen molar-refractivity contribution < 1.29 is 4.79 Å². The van der Waals surface area contributed by atoms with Crippen molar-refractivity contribution in [3.63, 3.8) is 0 Å². The van der Waals surface area contributed by atoms with Crippen molar-refractivity contribution >= 4 is 5.91 Å². The van der Waals surface area contributed by atoms with Crippen LogP contribution in [0.1, 0.15) is 45.4 Å². The highest BCUT2D eigenvalue weighted by molar-refractivity contribution is 5.85. The van der Waals surface area contributed by atoms with Gasteiger partial charge in [-0.25, -0.2) is 0 Å². The first-order valence-electron chi connectivity index (χ1n) is 7.11. The molecule has 1 saturated carbocycles. The van der Waals surface area contributed by atoms with Crippen molar-refractivity contribution in [2.24, 2.45) is 5.41 Å². The topological polar surface area (TPSA) is 56.1 Å². The van der Waals surface area contributed by atoms with Gasteiger partial charge in [0.05, 0.1) is 6.07 Å². The summed E-state index contributed by atoms with van der Waals surface area (Å²) in [5.74, 6) is -0.0476. The number of carbonyl (C=O) groups is 1. The molecule has 0 spiro atoms. The predicted molar refractivity (Wildman–Crippen MR) is 69.8 cm³/mol. The fourth-order valence-electron chi connectivity index (χ4n) is 3.09. The molecular weight excluding hydrogens is 226 g/mol. The number of likely N-dealkylation sites (tertiary alicyclic amines) is 1. The summed E-state index contributed by atoms with van der Waals surface area (Å²) < 4.78 is 0. The largest absolute Gasteiger partial charge is 0.353 e. The predicted octanol–water partition coefficient (Wildman–Crippen LogP) is 1.67. The van der Waals surface area contributed by atoms with Crippen LogP contribution in [0.4, 0.5) is 0 Å². The van der Waals surface area contributed by atoms with E-state index < -0.39 is 5.41 Å². The Hall–Kier alpha value is -1.08. The van der Waals surface area contributed by atoms with E-state index in [1.807, 2.05) is 0 Å². The molecule has 18 heavy (non-hydrogen) atoms. The first-order chi connectivity index (χ1) is 8.68. The normalized spacial score (nSPS) is 24.7. The van der Waals surface area contributed by atoms with Gasteiger partial charge >= 0.3 is 0 Å². The number of amides is 1. The lowest BCUT2D eigenvalue weighted by molar-refractivity contribution is -0.128. The first kappa shape index (κ1) is 13.4. The second kappa shape index (κ2) is 5.71. The van der Waals surface area contributed by atoms with Crippen LogP contribution in [0.2, 0.25) is 0 Å². The summed E-state index contributed by atoms with van der Waals surface area (Å²) in [5.41, 5.74) is -0.731. The van der Waals surface area contributed by atoms with Gasteiger partial charge in [-0.3, -0.25) is 9.69 Å². The zero-order valence-electron chi connectivity index (χ0n) is 11.2. The Morgan fingerprint density at radius 1 is 1.33 bits per heavy atom. The van der Waals surface area contributed by atoms with E-state index in [0.29, 0.717) is 12.6 Å². The maximum absolute atomic E-state index is 12.2. The van der Waals surface area contributed by atoms with Crippen LogP contribution < -0.4 is 5.32 Å². The minimum Gasteiger partial charge on any atom is -0.353 e. The summed E-state index contributed by atoms with van der Waals surface area (Å²) in [6, 6.07) is 2.63. The minimum absolute atomic E-state index is 0.0476. The molecular formula is C14H23N3O. The van der Waals surface area contributed by atoms with E-state index in [1.165, 1.54) is 12.8 Å². The monoisotopic (exact) mass is 249 g/mol. The van der Waals surface area contributed by atoms with E-state index >= 15 is 0 Å². The molecule has 1 heterocycles. The average molecular weight is 249 g/mol. The summed E-state index contributed by atoms with van der Waals surface area (Å²) in [6.45, 7) is 5.10. The number of nitriles is 1. The van der Waals surface area contributed by atoms with Crippen LogP contribution >= 0.6 is 0 Å². The Bertz CT molecular complexity index is 335. The Morgan fingerprint density at radius 2 is 1.94 bits per heavy atom. The third-order valence-corrected chi connectivity index (χ3v) is 4.43. The molecule has 0 aromatic rings. The summed E-state index contributed by atoms with van der Waals surface area (Å²) >= 11 is 0. The summed E-state index contributed by atoms with van der Waals surface area (Å²) in [7, 11) is 0. The van der Waals surface area contributed by atoms with Gasteiger partial charge < -0.3 is 5.32 Å². The maximum atomic E-state index is 12.2. The van der Waals surface area contributed by atoms with E-state index in [2.05, 4.69) is 23.2 Å². The minimum atomic E-state index is -0.731. The summed E-state index contributed by atoms with van der Waals surface area (Å²) in [6.07, 6.45) is 5.99. The van der Waals surface area contributed by atoms with Gasteiger partial charge in [-0.1, -0.05) is 12.8 Å². The van der Waals surface area contributed by atoms with Crippen molar-refractivity contribution in [2.45, 2.75) is 51.5 Å². The Labute approximate surface area is 109 Å². The number of hydrogen-bond donors (Lipinski definition) is 1. The first-order valence-corrected chi connectivity index (χ1v) is 7.11. The summed E-state index contributed by atoms with van der Waals surface area (Å²) in [5, 5.41) is 12.2. The quantitative estimate of drug-likeness (QED) is 0.824. The molecule has 4 nitrogen and oxygen atoms in total. The lowest BCUT2D eigenvalue weighted by Gasteiger charge is -2.26. The van der Waals surface area contributed by atoms with Crippen LogP contribution in [-0.2, 0) is 4.79 Å². The zero-order chi connectivity index (χ0) is 13.0. The molecule has 0 radical (unpaired) electrons. The molecule has 1 aliphatic heterocycles. The Balaban J connectivity index is 1.82. The molecule has 2 aliphatic rings. The molecule has 0 bridgehead atoms. The van der Waals surface area contributed by atoms with Gasteiger partial charge in [-0.15, -0.1) is 0 Å². The highest BCUT2D eigenvalue weighted by Crippen LogP contribution is 2.37. The smallest absolute Gasteiger partial charge is 0.240 e. The third kappa shape index (κ3) is 2.67. The maximum Gasteiger partial charge on any atom is 0.240 e. The molecule has 2 fully saturated rings.